The minimum absolute atomic E-state index is 0. The normalized spacial score (nSPS) is 45.3. The van der Waals surface area contributed by atoms with Crippen LogP contribution in [0.2, 0.25) is 0 Å². The van der Waals surface area contributed by atoms with E-state index in [9.17, 15) is 5.11 Å². The maximum absolute atomic E-state index is 12.3. The SMILES string of the molecule is C[C@]12CC[C@H]3[C@@H](CCC4=CCCC[C@@]43C[O-])[C@@H]1CC/C2=C/C#N.[Rb+]. The number of fused-ring (bicyclic) bond motifs is 5. The van der Waals surface area contributed by atoms with E-state index >= 15 is 0 Å². The number of nitriles is 1. The second kappa shape index (κ2) is 7.39. The maximum atomic E-state index is 12.3. The van der Waals surface area contributed by atoms with Crippen LogP contribution in [0.15, 0.2) is 23.3 Å². The summed E-state index contributed by atoms with van der Waals surface area (Å²) in [6.45, 7) is 2.50. The average Bonchev–Trinajstić information content (AvgIpc) is 2.91. The fourth-order valence-corrected chi connectivity index (χ4v) is 6.97. The van der Waals surface area contributed by atoms with Gasteiger partial charge in [0.2, 0.25) is 0 Å². The summed E-state index contributed by atoms with van der Waals surface area (Å²) in [7, 11) is 0. The predicted molar refractivity (Wildman–Crippen MR) is 89.2 cm³/mol. The molecule has 5 atom stereocenters. The number of allylic oxidation sites excluding steroid dienone is 3. The molecular weight excluding hydrogens is 368 g/mol. The minimum Gasteiger partial charge on any atom is -0.854 e. The molecule has 0 bridgehead atoms. The van der Waals surface area contributed by atoms with E-state index in [1.807, 2.05) is 6.08 Å². The molecular formula is C21H28NORb. The first kappa shape index (κ1) is 19.5. The summed E-state index contributed by atoms with van der Waals surface area (Å²) in [4.78, 5) is 0. The molecule has 0 unspecified atom stereocenters. The van der Waals surface area contributed by atoms with Crippen molar-refractivity contribution in [2.24, 2.45) is 28.6 Å². The summed E-state index contributed by atoms with van der Waals surface area (Å²) >= 11 is 0. The molecule has 0 heterocycles. The van der Waals surface area contributed by atoms with Crippen LogP contribution in [-0.2, 0) is 0 Å². The summed E-state index contributed by atoms with van der Waals surface area (Å²) in [6, 6.07) is 2.28. The molecule has 4 rings (SSSR count). The molecule has 0 amide bonds. The summed E-state index contributed by atoms with van der Waals surface area (Å²) in [5.74, 6) is 2.02. The summed E-state index contributed by atoms with van der Waals surface area (Å²) in [6.07, 6.45) is 14.9. The summed E-state index contributed by atoms with van der Waals surface area (Å²) < 4.78 is 0. The van der Waals surface area contributed by atoms with Gasteiger partial charge in [-0.25, -0.2) is 0 Å². The molecule has 0 aromatic rings. The van der Waals surface area contributed by atoms with E-state index in [1.165, 1.54) is 49.7 Å². The first-order valence-corrected chi connectivity index (χ1v) is 9.52. The monoisotopic (exact) mass is 395 g/mol. The Hall–Kier alpha value is 0.735. The first-order chi connectivity index (χ1) is 11.2. The molecule has 0 saturated heterocycles. The zero-order valence-corrected chi connectivity index (χ0v) is 20.2. The van der Waals surface area contributed by atoms with Gasteiger partial charge in [0.15, 0.2) is 0 Å². The van der Waals surface area contributed by atoms with Crippen LogP contribution < -0.4 is 63.3 Å². The van der Waals surface area contributed by atoms with E-state index in [4.69, 9.17) is 5.26 Å². The van der Waals surface area contributed by atoms with Gasteiger partial charge in [0.25, 0.3) is 0 Å². The Morgan fingerprint density at radius 3 is 2.83 bits per heavy atom. The van der Waals surface area contributed by atoms with Crippen LogP contribution in [0.3, 0.4) is 0 Å². The smallest absolute Gasteiger partial charge is 0.854 e. The molecule has 0 radical (unpaired) electrons. The third-order valence-electron chi connectivity index (χ3n) is 8.10. The van der Waals surface area contributed by atoms with Crippen LogP contribution in [0.5, 0.6) is 0 Å². The van der Waals surface area contributed by atoms with Crippen LogP contribution in [0.1, 0.15) is 64.7 Å². The van der Waals surface area contributed by atoms with Gasteiger partial charge in [-0.3, -0.25) is 0 Å². The van der Waals surface area contributed by atoms with Crippen molar-refractivity contribution >= 4 is 0 Å². The molecule has 4 aliphatic carbocycles. The number of nitrogens with zero attached hydrogens (tertiary/aromatic N) is 1. The van der Waals surface area contributed by atoms with E-state index in [-0.39, 0.29) is 75.6 Å². The molecule has 3 fully saturated rings. The molecule has 3 saturated carbocycles. The molecule has 0 N–H and O–H groups in total. The van der Waals surface area contributed by atoms with Crippen molar-refractivity contribution in [3.8, 4) is 6.07 Å². The van der Waals surface area contributed by atoms with Crippen LogP contribution in [0.25, 0.3) is 0 Å². The first-order valence-electron chi connectivity index (χ1n) is 9.52. The fourth-order valence-electron chi connectivity index (χ4n) is 6.97. The third-order valence-corrected chi connectivity index (χ3v) is 8.10. The standard InChI is InChI=1S/C21H28NO.Rb/c1-20-12-9-19-17(18(20)8-6-15(20)10-13-22)7-5-16-4-2-3-11-21(16,19)14-23;/h4,10,17-19H,2-3,5-9,11-12,14H2,1H3;/q-1;+1/b15-10-;/t17-,18-,19-,20+,21+;/m0./s1. The van der Waals surface area contributed by atoms with Gasteiger partial charge in [0, 0.05) is 6.08 Å². The molecule has 0 aromatic carbocycles. The quantitative estimate of drug-likeness (QED) is 0.493. The van der Waals surface area contributed by atoms with E-state index in [1.54, 1.807) is 0 Å². The number of rotatable bonds is 1. The Bertz CT molecular complexity index is 603. The Kier molecular flexibility index (Phi) is 6.01. The van der Waals surface area contributed by atoms with Crippen molar-refractivity contribution in [1.82, 2.24) is 0 Å². The van der Waals surface area contributed by atoms with Crippen molar-refractivity contribution in [2.45, 2.75) is 64.7 Å². The van der Waals surface area contributed by atoms with Crippen molar-refractivity contribution in [3.05, 3.63) is 23.3 Å². The Morgan fingerprint density at radius 1 is 1.25 bits per heavy atom. The van der Waals surface area contributed by atoms with Gasteiger partial charge < -0.3 is 5.11 Å². The van der Waals surface area contributed by atoms with Crippen LogP contribution in [0, 0.1) is 39.9 Å². The van der Waals surface area contributed by atoms with E-state index in [2.05, 4.69) is 19.1 Å². The largest absolute Gasteiger partial charge is 1.00 e. The van der Waals surface area contributed by atoms with Gasteiger partial charge in [-0.05, 0) is 86.4 Å². The van der Waals surface area contributed by atoms with Crippen LogP contribution >= 0.6 is 0 Å². The molecule has 24 heavy (non-hydrogen) atoms. The van der Waals surface area contributed by atoms with Crippen LogP contribution in [0.4, 0.5) is 0 Å². The zero-order valence-electron chi connectivity index (χ0n) is 15.3. The molecule has 3 heteroatoms. The van der Waals surface area contributed by atoms with Gasteiger partial charge in [-0.2, -0.15) is 5.26 Å². The van der Waals surface area contributed by atoms with Crippen LogP contribution in [-0.4, -0.2) is 6.61 Å². The number of hydrogen-bond donors (Lipinski definition) is 0. The second-order valence-corrected chi connectivity index (χ2v) is 8.63. The van der Waals surface area contributed by atoms with E-state index in [0.29, 0.717) is 17.8 Å². The van der Waals surface area contributed by atoms with E-state index in [0.717, 1.165) is 19.3 Å². The van der Waals surface area contributed by atoms with Gasteiger partial charge >= 0.3 is 58.2 Å². The molecule has 124 valence electrons. The predicted octanol–water partition coefficient (Wildman–Crippen LogP) is 1.13. The van der Waals surface area contributed by atoms with Crippen molar-refractivity contribution in [3.63, 3.8) is 0 Å². The van der Waals surface area contributed by atoms with E-state index < -0.39 is 0 Å². The molecule has 4 aliphatic rings. The third kappa shape index (κ3) is 2.73. The van der Waals surface area contributed by atoms with Gasteiger partial charge in [0.05, 0.1) is 6.07 Å². The zero-order chi connectivity index (χ0) is 16.1. The Labute approximate surface area is 195 Å². The number of hydrogen-bond acceptors (Lipinski definition) is 2. The maximum Gasteiger partial charge on any atom is 1.00 e. The average molecular weight is 396 g/mol. The summed E-state index contributed by atoms with van der Waals surface area (Å²) in [5, 5.41) is 21.5. The topological polar surface area (TPSA) is 46.8 Å². The summed E-state index contributed by atoms with van der Waals surface area (Å²) in [5.41, 5.74) is 3.14. The van der Waals surface area contributed by atoms with Crippen molar-refractivity contribution in [2.75, 3.05) is 6.61 Å². The van der Waals surface area contributed by atoms with Gasteiger partial charge in [-0.1, -0.05) is 24.1 Å². The molecule has 2 nitrogen and oxygen atoms in total. The molecule has 0 aliphatic heterocycles. The second-order valence-electron chi connectivity index (χ2n) is 8.63. The molecule has 0 aromatic heterocycles. The Morgan fingerprint density at radius 2 is 2.08 bits per heavy atom. The van der Waals surface area contributed by atoms with Crippen molar-refractivity contribution < 1.29 is 63.3 Å². The fraction of sp³-hybridized carbons (Fsp3) is 0.762. The molecule has 0 spiro atoms. The van der Waals surface area contributed by atoms with Gasteiger partial charge in [0.1, 0.15) is 0 Å². The van der Waals surface area contributed by atoms with Crippen molar-refractivity contribution in [1.29, 1.82) is 5.26 Å². The van der Waals surface area contributed by atoms with Gasteiger partial charge in [-0.15, -0.1) is 6.61 Å². The Balaban J connectivity index is 0.00000169. The minimum atomic E-state index is -0.00973.